The summed E-state index contributed by atoms with van der Waals surface area (Å²) in [5.74, 6) is 0. The molecular weight excluding hydrogens is 526 g/mol. The molecule has 0 fully saturated rings. The Morgan fingerprint density at radius 3 is 1.09 bits per heavy atom. The molecule has 0 radical (unpaired) electrons. The van der Waals surface area contributed by atoms with Gasteiger partial charge >= 0.3 is 0 Å². The van der Waals surface area contributed by atoms with E-state index in [0.717, 1.165) is 0 Å². The summed E-state index contributed by atoms with van der Waals surface area (Å²) < 4.78 is 3.44. The van der Waals surface area contributed by atoms with Crippen LogP contribution in [0.3, 0.4) is 0 Å². The summed E-state index contributed by atoms with van der Waals surface area (Å²) in [5, 5.41) is 0. The maximum Gasteiger partial charge on any atom is 0.0858 e. The zero-order chi connectivity index (χ0) is 17.6. The molecule has 0 aliphatic heterocycles. The van der Waals surface area contributed by atoms with E-state index in [1.54, 1.807) is 17.6 Å². The van der Waals surface area contributed by atoms with Gasteiger partial charge in [-0.15, -0.1) is 0 Å². The van der Waals surface area contributed by atoms with Gasteiger partial charge in [0.1, 0.15) is 0 Å². The molecule has 0 bridgehead atoms. The molecule has 0 N–H and O–H groups in total. The molecule has 0 aromatic carbocycles. The molecule has 130 valence electrons. The van der Waals surface area contributed by atoms with Gasteiger partial charge < -0.3 is 0 Å². The minimum absolute atomic E-state index is 1.24. The number of rotatable bonds is 9. The van der Waals surface area contributed by atoms with Crippen LogP contribution in [0.5, 0.6) is 0 Å². The van der Waals surface area contributed by atoms with E-state index in [2.05, 4.69) is 98.3 Å². The molecule has 4 heteroatoms. The van der Waals surface area contributed by atoms with E-state index in [1.807, 2.05) is 0 Å². The van der Waals surface area contributed by atoms with Crippen molar-refractivity contribution in [3.05, 3.63) is 17.6 Å². The second-order valence-corrected chi connectivity index (χ2v) is 22.5. The quantitative estimate of drug-likeness (QED) is 0.150. The summed E-state index contributed by atoms with van der Waals surface area (Å²) in [6.45, 7) is 19.6. The van der Waals surface area contributed by atoms with Gasteiger partial charge in [0.05, 0.1) is 16.1 Å². The van der Waals surface area contributed by atoms with Crippen molar-refractivity contribution in [1.82, 2.24) is 0 Å². The Labute approximate surface area is 169 Å². The molecule has 22 heavy (non-hydrogen) atoms. The first kappa shape index (κ1) is 23.4. The lowest BCUT2D eigenvalue weighted by atomic mass is 9.99. The Kier molecular flexibility index (Phi) is 11.0. The van der Waals surface area contributed by atoms with E-state index in [9.17, 15) is 0 Å². The monoisotopic (exact) mass is 562 g/mol. The van der Waals surface area contributed by atoms with E-state index in [4.69, 9.17) is 0 Å². The lowest BCUT2D eigenvalue weighted by Gasteiger charge is -2.27. The fraction of sp³-hybridized carbons (Fsp3) is 0.778. The van der Waals surface area contributed by atoms with Crippen molar-refractivity contribution >= 4 is 61.3 Å². The molecule has 0 unspecified atom stereocenters. The van der Waals surface area contributed by atoms with E-state index in [0.29, 0.717) is 0 Å². The highest BCUT2D eigenvalue weighted by Gasteiger charge is 2.27. The Morgan fingerprint density at radius 2 is 0.909 bits per heavy atom. The lowest BCUT2D eigenvalue weighted by molar-refractivity contribution is 0.753. The number of hydrogen-bond donors (Lipinski definition) is 0. The highest BCUT2D eigenvalue weighted by molar-refractivity contribution is 14.1. The number of hydrogen-bond acceptors (Lipinski definition) is 0. The van der Waals surface area contributed by atoms with Crippen molar-refractivity contribution in [2.75, 3.05) is 0 Å². The number of unbranched alkanes of at least 4 members (excludes halogenated alkanes) is 2. The molecule has 0 saturated carbocycles. The predicted octanol–water partition coefficient (Wildman–Crippen LogP) is 8.50. The molecule has 0 aromatic rings. The summed E-state index contributed by atoms with van der Waals surface area (Å²) >= 11 is 5.40. The summed E-state index contributed by atoms with van der Waals surface area (Å²) in [5.41, 5.74) is 3.48. The van der Waals surface area contributed by atoms with Gasteiger partial charge in [-0.3, -0.25) is 0 Å². The van der Waals surface area contributed by atoms with Crippen molar-refractivity contribution < 1.29 is 0 Å². The fourth-order valence-corrected chi connectivity index (χ4v) is 5.95. The van der Waals surface area contributed by atoms with Gasteiger partial charge in [0.15, 0.2) is 0 Å². The van der Waals surface area contributed by atoms with Gasteiger partial charge in [0.2, 0.25) is 0 Å². The van der Waals surface area contributed by atoms with Crippen LogP contribution in [0.25, 0.3) is 0 Å². The SMILES string of the molecule is CCCCC(/C(CCCC)=C(\I)[Si](C)(C)C)=C(/I)[Si](C)(C)C. The van der Waals surface area contributed by atoms with Gasteiger partial charge in [-0.1, -0.05) is 111 Å². The van der Waals surface area contributed by atoms with Crippen LogP contribution in [0.2, 0.25) is 39.3 Å². The van der Waals surface area contributed by atoms with Crippen molar-refractivity contribution in [3.63, 3.8) is 0 Å². The maximum atomic E-state index is 2.70. The molecule has 0 amide bonds. The molecule has 0 aliphatic rings. The third-order valence-electron chi connectivity index (χ3n) is 3.77. The Bertz CT molecular complexity index is 370. The molecule has 0 nitrogen and oxygen atoms in total. The Hall–Kier alpha value is 1.37. The fourth-order valence-electron chi connectivity index (χ4n) is 2.40. The van der Waals surface area contributed by atoms with E-state index >= 15 is 0 Å². The zero-order valence-corrected chi connectivity index (χ0v) is 22.3. The zero-order valence-electron chi connectivity index (χ0n) is 16.0. The second kappa shape index (κ2) is 10.4. The molecular formula is C18H36I2Si2. The van der Waals surface area contributed by atoms with Crippen LogP contribution in [-0.2, 0) is 0 Å². The van der Waals surface area contributed by atoms with Crippen molar-refractivity contribution in [2.45, 2.75) is 91.7 Å². The van der Waals surface area contributed by atoms with Gasteiger partial charge in [-0.05, 0) is 43.2 Å². The topological polar surface area (TPSA) is 0 Å². The standard InChI is InChI=1S/C18H36I2Si2/c1-9-11-13-15(17(19)21(3,4)5)16(14-12-10-2)18(20)22(6,7)8/h9-14H2,1-8H3/b17-15+,18-16+. The predicted molar refractivity (Wildman–Crippen MR) is 128 cm³/mol. The third-order valence-corrected chi connectivity index (χ3v) is 18.0. The highest BCUT2D eigenvalue weighted by Crippen LogP contribution is 2.39. The minimum Gasteiger partial charge on any atom is -0.0654 e. The van der Waals surface area contributed by atoms with Crippen LogP contribution in [0.1, 0.15) is 52.4 Å². The average Bonchev–Trinajstić information content (AvgIpc) is 2.39. The third kappa shape index (κ3) is 7.97. The molecule has 0 aliphatic carbocycles. The van der Waals surface area contributed by atoms with Gasteiger partial charge in [0, 0.05) is 0 Å². The second-order valence-electron chi connectivity index (χ2n) is 8.29. The summed E-state index contributed by atoms with van der Waals surface area (Å²) in [7, 11) is -2.47. The average molecular weight is 562 g/mol. The molecule has 0 heterocycles. The maximum absolute atomic E-state index is 2.70. The summed E-state index contributed by atoms with van der Waals surface area (Å²) in [6.07, 6.45) is 7.83. The van der Waals surface area contributed by atoms with E-state index < -0.39 is 16.1 Å². The smallest absolute Gasteiger partial charge is 0.0654 e. The largest absolute Gasteiger partial charge is 0.0858 e. The highest BCUT2D eigenvalue weighted by atomic mass is 127. The Morgan fingerprint density at radius 1 is 0.636 bits per heavy atom. The van der Waals surface area contributed by atoms with Crippen molar-refractivity contribution in [1.29, 1.82) is 0 Å². The van der Waals surface area contributed by atoms with Crippen LogP contribution in [0, 0.1) is 0 Å². The van der Waals surface area contributed by atoms with E-state index in [-0.39, 0.29) is 0 Å². The first-order valence-corrected chi connectivity index (χ1v) is 17.9. The van der Waals surface area contributed by atoms with Crippen LogP contribution >= 0.6 is 45.2 Å². The first-order chi connectivity index (χ1) is 9.96. The van der Waals surface area contributed by atoms with Crippen LogP contribution in [0.4, 0.5) is 0 Å². The molecule has 0 aromatic heterocycles. The molecule has 0 rings (SSSR count). The Balaban J connectivity index is 6.08. The summed E-state index contributed by atoms with van der Waals surface area (Å²) in [4.78, 5) is 0. The minimum atomic E-state index is -1.24. The van der Waals surface area contributed by atoms with Gasteiger partial charge in [-0.2, -0.15) is 0 Å². The molecule has 0 spiro atoms. The number of allylic oxidation sites excluding steroid dienone is 2. The first-order valence-electron chi connectivity index (χ1n) is 8.75. The van der Waals surface area contributed by atoms with Crippen LogP contribution in [-0.4, -0.2) is 16.1 Å². The van der Waals surface area contributed by atoms with Gasteiger partial charge in [-0.25, -0.2) is 0 Å². The van der Waals surface area contributed by atoms with Crippen molar-refractivity contribution in [2.24, 2.45) is 0 Å². The number of halogens is 2. The van der Waals surface area contributed by atoms with Crippen LogP contribution < -0.4 is 0 Å². The van der Waals surface area contributed by atoms with Crippen LogP contribution in [0.15, 0.2) is 17.6 Å². The normalized spacial score (nSPS) is 15.5. The van der Waals surface area contributed by atoms with Crippen molar-refractivity contribution in [3.8, 4) is 0 Å². The lowest BCUT2D eigenvalue weighted by Crippen LogP contribution is -2.25. The molecule has 0 saturated heterocycles. The van der Waals surface area contributed by atoms with E-state index in [1.165, 1.54) is 38.5 Å². The molecule has 0 atom stereocenters. The van der Waals surface area contributed by atoms with Gasteiger partial charge in [0.25, 0.3) is 0 Å². The summed E-state index contributed by atoms with van der Waals surface area (Å²) in [6, 6.07) is 0.